The van der Waals surface area contributed by atoms with E-state index in [2.05, 4.69) is 41.2 Å². The van der Waals surface area contributed by atoms with Crippen molar-refractivity contribution >= 4 is 16.7 Å². The summed E-state index contributed by atoms with van der Waals surface area (Å²) in [6.45, 7) is 2.07. The van der Waals surface area contributed by atoms with Crippen LogP contribution in [0.3, 0.4) is 0 Å². The Labute approximate surface area is 233 Å². The molecule has 1 aliphatic heterocycles. The maximum Gasteiger partial charge on any atom is 0.120 e. The molecular formula is C32H28IrN2O-2. The predicted molar refractivity (Wildman–Crippen MR) is 143 cm³/mol. The van der Waals surface area contributed by atoms with Gasteiger partial charge in [-0.25, -0.2) is 0 Å². The van der Waals surface area contributed by atoms with Gasteiger partial charge in [-0.15, -0.1) is 53.6 Å². The van der Waals surface area contributed by atoms with Gasteiger partial charge < -0.3 is 14.4 Å². The van der Waals surface area contributed by atoms with Crippen LogP contribution in [0.2, 0.25) is 0 Å². The zero-order valence-corrected chi connectivity index (χ0v) is 22.3. The molecule has 1 fully saturated rings. The number of pyridine rings is 1. The Bertz CT molecular complexity index is 1680. The zero-order chi connectivity index (χ0) is 28.3. The summed E-state index contributed by atoms with van der Waals surface area (Å²) < 4.78 is 44.7. The maximum atomic E-state index is 8.09. The summed E-state index contributed by atoms with van der Waals surface area (Å²) in [7, 11) is 0. The first-order valence-corrected chi connectivity index (χ1v) is 11.7. The van der Waals surface area contributed by atoms with Crippen molar-refractivity contribution in [2.75, 3.05) is 0 Å². The summed E-state index contributed by atoms with van der Waals surface area (Å²) in [6, 6.07) is 24.2. The Morgan fingerprint density at radius 3 is 2.64 bits per heavy atom. The van der Waals surface area contributed by atoms with Gasteiger partial charge in [-0.1, -0.05) is 54.4 Å². The molecule has 2 aromatic heterocycles. The molecule has 0 amide bonds. The molecule has 4 heteroatoms. The number of aryl methyl sites for hydroxylation is 1. The van der Waals surface area contributed by atoms with E-state index < -0.39 is 0 Å². The quantitative estimate of drug-likeness (QED) is 0.210. The Morgan fingerprint density at radius 1 is 1.00 bits per heavy atom. The molecule has 4 aromatic rings. The van der Waals surface area contributed by atoms with Crippen molar-refractivity contribution in [1.82, 2.24) is 4.98 Å². The molecular weight excluding hydrogens is 621 g/mol. The number of rotatable bonds is 3. The van der Waals surface area contributed by atoms with Crippen molar-refractivity contribution in [2.24, 2.45) is 10.9 Å². The number of nitrogens with zero attached hydrogens (tertiary/aromatic N) is 2. The van der Waals surface area contributed by atoms with Gasteiger partial charge in [-0.2, -0.15) is 0 Å². The number of allylic oxidation sites excluding steroid dienone is 1. The Hall–Kier alpha value is -3.33. The predicted octanol–water partition coefficient (Wildman–Crippen LogP) is 8.09. The van der Waals surface area contributed by atoms with Gasteiger partial charge in [-0.05, 0) is 55.1 Å². The minimum atomic E-state index is -0.363. The summed E-state index contributed by atoms with van der Waals surface area (Å²) in [5.74, 6) is -0.258. The van der Waals surface area contributed by atoms with E-state index in [1.807, 2.05) is 42.6 Å². The van der Waals surface area contributed by atoms with Crippen LogP contribution in [-0.2, 0) is 20.1 Å². The van der Waals surface area contributed by atoms with Crippen LogP contribution < -0.4 is 0 Å². The van der Waals surface area contributed by atoms with E-state index >= 15 is 0 Å². The number of para-hydroxylation sites is 1. The molecule has 0 bridgehead atoms. The smallest absolute Gasteiger partial charge is 0.120 e. The molecule has 0 N–H and O–H groups in total. The SMILES string of the molecule is [2H]C1(C2=CN=C(c3[c-]cc(C)cc3)CC2)CC1.[2H]c1nc(-c2[c-]cccc3ccccc3oc2)c([2H])c([2H])c1[2H].[Ir]. The van der Waals surface area contributed by atoms with Crippen LogP contribution in [0.5, 0.6) is 0 Å². The third-order valence-electron chi connectivity index (χ3n) is 5.80. The van der Waals surface area contributed by atoms with E-state index in [0.29, 0.717) is 11.1 Å². The van der Waals surface area contributed by atoms with Gasteiger partial charge in [0, 0.05) is 45.5 Å². The Kier molecular flexibility index (Phi) is 6.92. The van der Waals surface area contributed by atoms with Crippen LogP contribution in [-0.4, -0.2) is 10.7 Å². The van der Waals surface area contributed by atoms with Crippen molar-refractivity contribution in [2.45, 2.75) is 32.6 Å². The molecule has 3 heterocycles. The van der Waals surface area contributed by atoms with Gasteiger partial charge >= 0.3 is 0 Å². The zero-order valence-electron chi connectivity index (χ0n) is 24.9. The second-order valence-corrected chi connectivity index (χ2v) is 8.42. The van der Waals surface area contributed by atoms with Gasteiger partial charge in [0.1, 0.15) is 5.58 Å². The standard InChI is InChI=1S/C17H12NO.C15H16N.Ir/c1-2-9-15(16-10-5-6-12-18-16)13-19-17-11-4-3-8-14(17)7-1;1-11-2-4-13(5-3-11)15-9-8-14(10-16-15)12-6-7-12;/h1-8,10-13H;2-4,10,12H,6-9H2,1H3;/q2*-1;/i5D,6D,10D,12D;12D;. The van der Waals surface area contributed by atoms with E-state index in [9.17, 15) is 0 Å². The topological polar surface area (TPSA) is 38.4 Å². The first-order chi connectivity index (χ1) is 19.2. The third kappa shape index (κ3) is 6.87. The van der Waals surface area contributed by atoms with Gasteiger partial charge in [0.2, 0.25) is 0 Å². The summed E-state index contributed by atoms with van der Waals surface area (Å²) in [6.07, 6.45) is 6.94. The second-order valence-electron chi connectivity index (χ2n) is 8.42. The van der Waals surface area contributed by atoms with Crippen molar-refractivity contribution in [3.8, 4) is 11.3 Å². The number of fused-ring (bicyclic) bond motifs is 1. The molecule has 0 atom stereocenters. The molecule has 3 nitrogen and oxygen atoms in total. The average molecular weight is 654 g/mol. The first-order valence-electron chi connectivity index (χ1n) is 14.2. The summed E-state index contributed by atoms with van der Waals surface area (Å²) in [4.78, 5) is 8.45. The summed E-state index contributed by atoms with van der Waals surface area (Å²) in [5, 5.41) is 0.894. The van der Waals surface area contributed by atoms with E-state index in [4.69, 9.17) is 11.3 Å². The largest absolute Gasteiger partial charge is 0.508 e. The number of benzene rings is 2. The summed E-state index contributed by atoms with van der Waals surface area (Å²) >= 11 is 0. The van der Waals surface area contributed by atoms with Crippen LogP contribution >= 0.6 is 0 Å². The molecule has 0 spiro atoms. The molecule has 6 rings (SSSR count). The van der Waals surface area contributed by atoms with Crippen LogP contribution in [0.1, 0.15) is 43.7 Å². The van der Waals surface area contributed by atoms with Crippen LogP contribution in [0.15, 0.2) is 112 Å². The molecule has 0 unspecified atom stereocenters. The van der Waals surface area contributed by atoms with Crippen LogP contribution in [0.25, 0.3) is 22.2 Å². The number of aliphatic imine (C=N–C) groups is 1. The van der Waals surface area contributed by atoms with E-state index in [0.717, 1.165) is 42.3 Å². The Morgan fingerprint density at radius 2 is 1.86 bits per heavy atom. The number of hydrogen-bond acceptors (Lipinski definition) is 3. The van der Waals surface area contributed by atoms with Crippen LogP contribution in [0.4, 0.5) is 0 Å². The van der Waals surface area contributed by atoms with Crippen molar-refractivity contribution < 1.29 is 31.4 Å². The molecule has 36 heavy (non-hydrogen) atoms. The molecule has 1 aliphatic carbocycles. The third-order valence-corrected chi connectivity index (χ3v) is 5.80. The second kappa shape index (κ2) is 12.6. The van der Waals surface area contributed by atoms with Gasteiger partial charge in [0.25, 0.3) is 0 Å². The van der Waals surface area contributed by atoms with Gasteiger partial charge in [-0.3, -0.25) is 0 Å². The fourth-order valence-electron chi connectivity index (χ4n) is 3.73. The molecule has 1 radical (unpaired) electrons. The van der Waals surface area contributed by atoms with E-state index in [1.54, 1.807) is 12.1 Å². The van der Waals surface area contributed by atoms with Crippen molar-refractivity contribution in [1.29, 1.82) is 0 Å². The normalized spacial score (nSPS) is 17.2. The number of aromatic nitrogens is 1. The van der Waals surface area contributed by atoms with E-state index in [1.165, 1.54) is 17.4 Å². The molecule has 0 saturated heterocycles. The van der Waals surface area contributed by atoms with E-state index in [-0.39, 0.29) is 56.0 Å². The molecule has 2 aliphatic rings. The van der Waals surface area contributed by atoms with Gasteiger partial charge in [0.15, 0.2) is 0 Å². The minimum Gasteiger partial charge on any atom is -0.508 e. The molecule has 2 aromatic carbocycles. The summed E-state index contributed by atoms with van der Waals surface area (Å²) in [5.41, 5.74) is 5.73. The van der Waals surface area contributed by atoms with Crippen molar-refractivity contribution in [3.05, 3.63) is 126 Å². The Balaban J connectivity index is 0.000000192. The monoisotopic (exact) mass is 654 g/mol. The van der Waals surface area contributed by atoms with Crippen molar-refractivity contribution in [3.63, 3.8) is 0 Å². The fourth-order valence-corrected chi connectivity index (χ4v) is 3.73. The minimum absolute atomic E-state index is 0. The number of hydrogen-bond donors (Lipinski definition) is 0. The van der Waals surface area contributed by atoms with Gasteiger partial charge in [0.05, 0.1) is 5.48 Å². The maximum absolute atomic E-state index is 8.09. The first kappa shape index (κ1) is 19.8. The van der Waals surface area contributed by atoms with Crippen LogP contribution in [0, 0.1) is 25.0 Å². The molecule has 1 saturated carbocycles. The average Bonchev–Trinajstić information content (AvgIpc) is 3.71. The fraction of sp³-hybridized carbons (Fsp3) is 0.188. The molecule has 183 valence electrons.